The Morgan fingerprint density at radius 2 is 1.00 bits per heavy atom. The summed E-state index contributed by atoms with van der Waals surface area (Å²) >= 11 is 0. The van der Waals surface area contributed by atoms with Crippen LogP contribution in [-0.4, -0.2) is 19.2 Å². The van der Waals surface area contributed by atoms with E-state index in [9.17, 15) is 0 Å². The Hall–Kier alpha value is -2.37. The van der Waals surface area contributed by atoms with E-state index in [-0.39, 0.29) is 0 Å². The summed E-state index contributed by atoms with van der Waals surface area (Å²) < 4.78 is 0. The fourth-order valence-electron chi connectivity index (χ4n) is 1.70. The molecule has 0 bridgehead atoms. The van der Waals surface area contributed by atoms with E-state index in [2.05, 4.69) is 60.0 Å². The van der Waals surface area contributed by atoms with E-state index in [0.29, 0.717) is 0 Å². The summed E-state index contributed by atoms with van der Waals surface area (Å²) in [6.07, 6.45) is -0.137. The van der Waals surface area contributed by atoms with Crippen molar-refractivity contribution in [2.24, 2.45) is 0 Å². The Morgan fingerprint density at radius 1 is 0.727 bits per heavy atom. The van der Waals surface area contributed by atoms with Crippen molar-refractivity contribution in [2.75, 3.05) is 13.1 Å². The maximum absolute atomic E-state index is 8.33. The molecule has 0 spiro atoms. The second-order valence-corrected chi connectivity index (χ2v) is 4.43. The van der Waals surface area contributed by atoms with Crippen LogP contribution in [-0.2, 0) is 12.8 Å². The first-order valence-corrected chi connectivity index (χ1v) is 7.14. The van der Waals surface area contributed by atoms with Gasteiger partial charge >= 0.3 is 0 Å². The Labute approximate surface area is 131 Å². The van der Waals surface area contributed by atoms with Crippen LogP contribution in [0.1, 0.15) is 11.1 Å². The number of quaternary nitrogens is 2. The molecule has 0 aromatic heterocycles. The molecule has 0 unspecified atom stereocenters. The van der Waals surface area contributed by atoms with Crippen LogP contribution >= 0.6 is 0 Å². The largest absolute Gasteiger partial charge is 0.652 e. The van der Waals surface area contributed by atoms with E-state index < -0.39 is 6.16 Å². The Bertz CT molecular complexity index is 444. The van der Waals surface area contributed by atoms with Gasteiger partial charge in [0.25, 0.3) is 0 Å². The molecule has 0 amide bonds. The van der Waals surface area contributed by atoms with E-state index in [1.54, 1.807) is 0 Å². The van der Waals surface area contributed by atoms with Gasteiger partial charge in [0.2, 0.25) is 0 Å². The number of carbonyl (C=O) groups excluding carboxylic acids is 1. The molecule has 2 aromatic carbocycles. The maximum Gasteiger partial charge on any atom is 0.0780 e. The minimum Gasteiger partial charge on any atom is -0.652 e. The van der Waals surface area contributed by atoms with E-state index in [0.717, 1.165) is 25.9 Å². The predicted octanol–water partition coefficient (Wildman–Crippen LogP) is -1.50. The second kappa shape index (κ2) is 13.6. The van der Waals surface area contributed by atoms with Gasteiger partial charge in [0.05, 0.1) is 13.1 Å². The fraction of sp³-hybridized carbons (Fsp3) is 0.235. The average molecular weight is 304 g/mol. The highest BCUT2D eigenvalue weighted by Crippen LogP contribution is 1.97. The van der Waals surface area contributed by atoms with Gasteiger partial charge in [0.1, 0.15) is 0 Å². The third-order valence-electron chi connectivity index (χ3n) is 2.62. The minimum absolute atomic E-state index is 0.990. The minimum atomic E-state index is -2.33. The fourth-order valence-corrected chi connectivity index (χ4v) is 1.70. The van der Waals surface area contributed by atoms with E-state index >= 15 is 0 Å². The molecular weight excluding hydrogens is 280 g/mol. The molecule has 0 radical (unpaired) electrons. The summed E-state index contributed by atoms with van der Waals surface area (Å²) in [6.45, 7) is 1.98. The normalized spacial score (nSPS) is 8.82. The standard InChI is InChI=1S/2C8H11N.CH2O3/c2*9-7-6-8-4-2-1-3-5-8;2-1(3)4/h2*1-5H,6-7,9H2;(H2,2,3,4). The van der Waals surface area contributed by atoms with Gasteiger partial charge in [-0.25, -0.2) is 0 Å². The van der Waals surface area contributed by atoms with Crippen LogP contribution in [0.2, 0.25) is 0 Å². The van der Waals surface area contributed by atoms with Gasteiger partial charge in [-0.2, -0.15) is 0 Å². The lowest BCUT2D eigenvalue weighted by Crippen LogP contribution is -2.51. The molecule has 6 N–H and O–H groups in total. The van der Waals surface area contributed by atoms with Crippen molar-refractivity contribution in [2.45, 2.75) is 12.8 Å². The third kappa shape index (κ3) is 12.7. The van der Waals surface area contributed by atoms with Crippen molar-refractivity contribution in [1.82, 2.24) is 0 Å². The summed E-state index contributed by atoms with van der Waals surface area (Å²) in [7, 11) is 0. The molecule has 0 heterocycles. The van der Waals surface area contributed by atoms with Crippen LogP contribution in [0, 0.1) is 0 Å². The quantitative estimate of drug-likeness (QED) is 0.715. The summed E-state index contributed by atoms with van der Waals surface area (Å²) in [5.41, 5.74) is 10.3. The van der Waals surface area contributed by atoms with Gasteiger partial charge in [0.15, 0.2) is 0 Å². The maximum atomic E-state index is 8.33. The lowest BCUT2D eigenvalue weighted by atomic mass is 10.2. The van der Waals surface area contributed by atoms with E-state index in [1.165, 1.54) is 11.1 Å². The van der Waals surface area contributed by atoms with Crippen LogP contribution < -0.4 is 21.7 Å². The second-order valence-electron chi connectivity index (χ2n) is 4.43. The van der Waals surface area contributed by atoms with Gasteiger partial charge in [-0.3, -0.25) is 0 Å². The number of benzene rings is 2. The zero-order valence-corrected chi connectivity index (χ0v) is 12.7. The predicted molar refractivity (Wildman–Crippen MR) is 81.2 cm³/mol. The monoisotopic (exact) mass is 304 g/mol. The van der Waals surface area contributed by atoms with Crippen LogP contribution in [0.25, 0.3) is 0 Å². The summed E-state index contributed by atoms with van der Waals surface area (Å²) in [4.78, 5) is 8.33. The van der Waals surface area contributed by atoms with E-state index in [4.69, 9.17) is 15.0 Å². The van der Waals surface area contributed by atoms with Gasteiger partial charge < -0.3 is 26.5 Å². The first-order valence-electron chi connectivity index (χ1n) is 7.14. The summed E-state index contributed by atoms with van der Waals surface area (Å²) in [5, 5.41) is 16.7. The van der Waals surface area contributed by atoms with E-state index in [1.807, 2.05) is 12.1 Å². The Kier molecular flexibility index (Phi) is 12.1. The average Bonchev–Trinajstić information content (AvgIpc) is 2.50. The van der Waals surface area contributed by atoms with Crippen LogP contribution in [0.15, 0.2) is 60.7 Å². The molecule has 0 aliphatic carbocycles. The highest BCUT2D eigenvalue weighted by Gasteiger charge is 1.87. The van der Waals surface area contributed by atoms with Crippen LogP contribution in [0.5, 0.6) is 0 Å². The molecule has 2 aromatic rings. The molecular formula is C17H24N2O3. The Morgan fingerprint density at radius 3 is 1.23 bits per heavy atom. The first-order chi connectivity index (χ1) is 10.6. The van der Waals surface area contributed by atoms with Crippen LogP contribution in [0.4, 0.5) is 4.79 Å². The Balaban J connectivity index is 0.000000326. The number of hydrogen-bond acceptors (Lipinski definition) is 3. The van der Waals surface area contributed by atoms with Gasteiger partial charge in [0, 0.05) is 12.8 Å². The van der Waals surface area contributed by atoms with Crippen molar-refractivity contribution in [1.29, 1.82) is 0 Å². The molecule has 0 aliphatic heterocycles. The molecule has 22 heavy (non-hydrogen) atoms. The molecule has 0 fully saturated rings. The molecule has 5 heteroatoms. The highest BCUT2D eigenvalue weighted by molar-refractivity contribution is 5.47. The number of rotatable bonds is 4. The molecule has 0 aliphatic rings. The molecule has 5 nitrogen and oxygen atoms in total. The lowest BCUT2D eigenvalue weighted by Gasteiger charge is -1.96. The SMILES string of the molecule is O=C([O-])[O-].[NH3+]CCc1ccccc1.[NH3+]CCc1ccccc1. The lowest BCUT2D eigenvalue weighted by molar-refractivity contribution is -0.415. The molecule has 0 saturated carbocycles. The highest BCUT2D eigenvalue weighted by atomic mass is 16.6. The van der Waals surface area contributed by atoms with Gasteiger partial charge in [-0.15, -0.1) is 0 Å². The summed E-state index contributed by atoms with van der Waals surface area (Å²) in [5.74, 6) is 0. The smallest absolute Gasteiger partial charge is 0.0780 e. The summed E-state index contributed by atoms with van der Waals surface area (Å²) in [6, 6.07) is 20.8. The molecule has 120 valence electrons. The van der Waals surface area contributed by atoms with Crippen molar-refractivity contribution in [3.63, 3.8) is 0 Å². The third-order valence-corrected chi connectivity index (χ3v) is 2.62. The topological polar surface area (TPSA) is 118 Å². The number of carboxylic acid groups (broad SMARTS) is 2. The number of hydrogen-bond donors (Lipinski definition) is 2. The molecule has 0 atom stereocenters. The molecule has 0 saturated heterocycles. The van der Waals surface area contributed by atoms with Gasteiger partial charge in [-0.05, 0) is 17.3 Å². The van der Waals surface area contributed by atoms with Gasteiger partial charge in [-0.1, -0.05) is 60.7 Å². The van der Waals surface area contributed by atoms with Crippen molar-refractivity contribution < 1.29 is 26.5 Å². The van der Waals surface area contributed by atoms with Crippen LogP contribution in [0.3, 0.4) is 0 Å². The molecule has 2 rings (SSSR count). The number of carbonyl (C=O) groups is 1. The van der Waals surface area contributed by atoms with Crippen molar-refractivity contribution in [3.05, 3.63) is 71.8 Å². The van der Waals surface area contributed by atoms with Crippen molar-refractivity contribution in [3.8, 4) is 0 Å². The first kappa shape index (κ1) is 19.6. The van der Waals surface area contributed by atoms with Crippen molar-refractivity contribution >= 4 is 6.16 Å². The zero-order chi connectivity index (χ0) is 16.6. The zero-order valence-electron chi connectivity index (χ0n) is 12.7.